The minimum absolute atomic E-state index is 0.0998. The summed E-state index contributed by atoms with van der Waals surface area (Å²) < 4.78 is 14.5. The Morgan fingerprint density at radius 1 is 1.33 bits per heavy atom. The van der Waals surface area contributed by atoms with Crippen molar-refractivity contribution in [3.63, 3.8) is 0 Å². The Kier molecular flexibility index (Phi) is 3.79. The molecule has 0 saturated heterocycles. The molecule has 5 nitrogen and oxygen atoms in total. The van der Waals surface area contributed by atoms with E-state index in [4.69, 9.17) is 23.2 Å². The van der Waals surface area contributed by atoms with E-state index in [1.165, 1.54) is 4.68 Å². The molecule has 0 bridgehead atoms. The number of nitrogens with one attached hydrogen (secondary N) is 1. The van der Waals surface area contributed by atoms with Crippen LogP contribution in [0.5, 0.6) is 0 Å². The van der Waals surface area contributed by atoms with Gasteiger partial charge in [0.25, 0.3) is 0 Å². The van der Waals surface area contributed by atoms with Crippen LogP contribution < -0.4 is 5.32 Å². The number of rotatable bonds is 3. The Morgan fingerprint density at radius 2 is 1.94 bits per heavy atom. The number of halogens is 3. The first kappa shape index (κ1) is 13.2. The highest BCUT2D eigenvalue weighted by molar-refractivity contribution is 6.37. The second-order valence-electron chi connectivity index (χ2n) is 3.68. The normalized spacial score (nSPS) is 12.7. The van der Waals surface area contributed by atoms with Crippen molar-refractivity contribution < 1.29 is 4.39 Å². The first-order valence-electron chi connectivity index (χ1n) is 5.15. The van der Waals surface area contributed by atoms with Crippen LogP contribution in [0.3, 0.4) is 0 Å². The van der Waals surface area contributed by atoms with Gasteiger partial charge in [0.15, 0.2) is 5.82 Å². The van der Waals surface area contributed by atoms with E-state index in [2.05, 4.69) is 20.8 Å². The van der Waals surface area contributed by atoms with Gasteiger partial charge in [0, 0.05) is 0 Å². The molecule has 0 fully saturated rings. The van der Waals surface area contributed by atoms with Crippen molar-refractivity contribution in [2.24, 2.45) is 0 Å². The molecule has 0 aliphatic heterocycles. The molecule has 96 valence electrons. The topological polar surface area (TPSA) is 55.6 Å². The van der Waals surface area contributed by atoms with Crippen molar-refractivity contribution in [1.82, 2.24) is 25.5 Å². The average molecular weight is 290 g/mol. The van der Waals surface area contributed by atoms with Crippen molar-refractivity contribution >= 4 is 23.2 Å². The highest BCUT2D eigenvalue weighted by atomic mass is 35.5. The van der Waals surface area contributed by atoms with Crippen LogP contribution in [-0.4, -0.2) is 27.3 Å². The molecule has 2 rings (SSSR count). The number of tetrazole rings is 1. The SMILES string of the molecule is CNC(C)c1nnnn1-c1c(Cl)cc(F)cc1Cl. The second-order valence-corrected chi connectivity index (χ2v) is 4.49. The van der Waals surface area contributed by atoms with E-state index in [1.54, 1.807) is 7.05 Å². The van der Waals surface area contributed by atoms with Gasteiger partial charge in [-0.3, -0.25) is 0 Å². The molecule has 0 aliphatic rings. The maximum Gasteiger partial charge on any atom is 0.173 e. The van der Waals surface area contributed by atoms with Gasteiger partial charge in [0.2, 0.25) is 0 Å². The number of hydrogen-bond donors (Lipinski definition) is 1. The van der Waals surface area contributed by atoms with Gasteiger partial charge in [-0.25, -0.2) is 4.39 Å². The lowest BCUT2D eigenvalue weighted by atomic mass is 10.2. The van der Waals surface area contributed by atoms with Crippen LogP contribution >= 0.6 is 23.2 Å². The number of nitrogens with zero attached hydrogens (tertiary/aromatic N) is 4. The van der Waals surface area contributed by atoms with Crippen LogP contribution in [0.15, 0.2) is 12.1 Å². The monoisotopic (exact) mass is 289 g/mol. The van der Waals surface area contributed by atoms with Gasteiger partial charge in [-0.2, -0.15) is 4.68 Å². The largest absolute Gasteiger partial charge is 0.311 e. The third-order valence-corrected chi connectivity index (χ3v) is 3.08. The van der Waals surface area contributed by atoms with Gasteiger partial charge in [0.05, 0.1) is 16.1 Å². The van der Waals surface area contributed by atoms with E-state index in [9.17, 15) is 4.39 Å². The Hall–Kier alpha value is -1.24. The molecule has 1 unspecified atom stereocenters. The van der Waals surface area contributed by atoms with Crippen LogP contribution in [0.4, 0.5) is 4.39 Å². The molecule has 1 heterocycles. The van der Waals surface area contributed by atoms with Crippen LogP contribution in [0.25, 0.3) is 5.69 Å². The maximum absolute atomic E-state index is 13.1. The summed E-state index contributed by atoms with van der Waals surface area (Å²) in [5.74, 6) is 0.0259. The third-order valence-electron chi connectivity index (χ3n) is 2.51. The van der Waals surface area contributed by atoms with Crippen molar-refractivity contribution in [3.8, 4) is 5.69 Å². The van der Waals surface area contributed by atoms with Crippen LogP contribution in [-0.2, 0) is 0 Å². The molecule has 2 aromatic rings. The lowest BCUT2D eigenvalue weighted by Gasteiger charge is -2.12. The van der Waals surface area contributed by atoms with Crippen molar-refractivity contribution in [3.05, 3.63) is 33.8 Å². The Labute approximate surface area is 113 Å². The maximum atomic E-state index is 13.1. The molecular formula is C10H10Cl2FN5. The van der Waals surface area contributed by atoms with E-state index in [0.717, 1.165) is 12.1 Å². The van der Waals surface area contributed by atoms with Crippen LogP contribution in [0.2, 0.25) is 10.0 Å². The summed E-state index contributed by atoms with van der Waals surface area (Å²) in [6.07, 6.45) is 0. The zero-order chi connectivity index (χ0) is 13.3. The van der Waals surface area contributed by atoms with E-state index in [1.807, 2.05) is 6.92 Å². The molecule has 8 heteroatoms. The van der Waals surface area contributed by atoms with Crippen molar-refractivity contribution in [2.75, 3.05) is 7.05 Å². The van der Waals surface area contributed by atoms with E-state index < -0.39 is 5.82 Å². The summed E-state index contributed by atoms with van der Waals surface area (Å²) >= 11 is 12.0. The molecule has 0 spiro atoms. The molecule has 1 atom stereocenters. The minimum Gasteiger partial charge on any atom is -0.311 e. The average Bonchev–Trinajstić information content (AvgIpc) is 2.75. The van der Waals surface area contributed by atoms with Gasteiger partial charge >= 0.3 is 0 Å². The first-order chi connectivity index (χ1) is 8.54. The third kappa shape index (κ3) is 2.31. The van der Waals surface area contributed by atoms with Crippen LogP contribution in [0, 0.1) is 5.82 Å². The van der Waals surface area contributed by atoms with Gasteiger partial charge < -0.3 is 5.32 Å². The predicted octanol–water partition coefficient (Wildman–Crippen LogP) is 2.39. The van der Waals surface area contributed by atoms with E-state index >= 15 is 0 Å². The fraction of sp³-hybridized carbons (Fsp3) is 0.300. The van der Waals surface area contributed by atoms with Gasteiger partial charge in [-0.05, 0) is 36.5 Å². The zero-order valence-corrected chi connectivity index (χ0v) is 11.2. The Balaban J connectivity index is 2.59. The second kappa shape index (κ2) is 5.17. The van der Waals surface area contributed by atoms with E-state index in [0.29, 0.717) is 11.5 Å². The summed E-state index contributed by atoms with van der Waals surface area (Å²) in [6, 6.07) is 2.23. The summed E-state index contributed by atoms with van der Waals surface area (Å²) in [6.45, 7) is 1.88. The van der Waals surface area contributed by atoms with Crippen molar-refractivity contribution in [1.29, 1.82) is 0 Å². The number of aromatic nitrogens is 4. The first-order valence-corrected chi connectivity index (χ1v) is 5.90. The zero-order valence-electron chi connectivity index (χ0n) is 9.65. The van der Waals surface area contributed by atoms with E-state index in [-0.39, 0.29) is 16.1 Å². The highest BCUT2D eigenvalue weighted by Gasteiger charge is 2.19. The minimum atomic E-state index is -0.509. The lowest BCUT2D eigenvalue weighted by Crippen LogP contribution is -2.18. The van der Waals surface area contributed by atoms with Crippen LogP contribution in [0.1, 0.15) is 18.8 Å². The summed E-state index contributed by atoms with van der Waals surface area (Å²) in [5.41, 5.74) is 0.363. The number of hydrogen-bond acceptors (Lipinski definition) is 4. The molecular weight excluding hydrogens is 280 g/mol. The standard InChI is InChI=1S/C10H10Cl2FN5/c1-5(14-2)10-15-16-17-18(10)9-7(11)3-6(13)4-8(9)12/h3-5,14H,1-2H3. The smallest absolute Gasteiger partial charge is 0.173 e. The van der Waals surface area contributed by atoms with Gasteiger partial charge in [-0.15, -0.1) is 5.10 Å². The fourth-order valence-corrected chi connectivity index (χ4v) is 2.11. The number of benzene rings is 1. The lowest BCUT2D eigenvalue weighted by molar-refractivity contribution is 0.587. The molecule has 0 aliphatic carbocycles. The van der Waals surface area contributed by atoms with Crippen molar-refractivity contribution in [2.45, 2.75) is 13.0 Å². The molecule has 0 saturated carbocycles. The molecule has 18 heavy (non-hydrogen) atoms. The predicted molar refractivity (Wildman–Crippen MR) is 66.6 cm³/mol. The Bertz CT molecular complexity index is 548. The molecule has 1 N–H and O–H groups in total. The highest BCUT2D eigenvalue weighted by Crippen LogP contribution is 2.30. The molecule has 1 aromatic heterocycles. The summed E-state index contributed by atoms with van der Waals surface area (Å²) in [4.78, 5) is 0. The summed E-state index contributed by atoms with van der Waals surface area (Å²) in [7, 11) is 1.78. The molecule has 1 aromatic carbocycles. The quantitative estimate of drug-likeness (QED) is 0.943. The molecule has 0 amide bonds. The van der Waals surface area contributed by atoms with Gasteiger partial charge in [-0.1, -0.05) is 23.2 Å². The molecule has 0 radical (unpaired) electrons. The fourth-order valence-electron chi connectivity index (χ4n) is 1.49. The summed E-state index contributed by atoms with van der Waals surface area (Å²) in [5, 5.41) is 14.6. The Morgan fingerprint density at radius 3 is 2.50 bits per heavy atom. The van der Waals surface area contributed by atoms with Gasteiger partial charge in [0.1, 0.15) is 11.5 Å².